The number of hydrogen-bond acceptors (Lipinski definition) is 3. The van der Waals surface area contributed by atoms with Gasteiger partial charge in [-0.15, -0.1) is 0 Å². The number of amides is 3. The first-order chi connectivity index (χ1) is 12.4. The van der Waals surface area contributed by atoms with E-state index in [1.807, 2.05) is 0 Å². The van der Waals surface area contributed by atoms with Crippen molar-refractivity contribution < 1.29 is 18.7 Å². The van der Waals surface area contributed by atoms with Gasteiger partial charge in [0.1, 0.15) is 5.82 Å². The van der Waals surface area contributed by atoms with Crippen LogP contribution < -0.4 is 5.32 Å². The van der Waals surface area contributed by atoms with E-state index in [1.54, 1.807) is 9.80 Å². The highest BCUT2D eigenvalue weighted by atomic mass is 19.1. The van der Waals surface area contributed by atoms with Crippen molar-refractivity contribution in [1.29, 1.82) is 0 Å². The maximum Gasteiger partial charge on any atom is 0.317 e. The quantitative estimate of drug-likeness (QED) is 0.895. The second-order valence-corrected chi connectivity index (χ2v) is 7.57. The predicted octanol–water partition coefficient (Wildman–Crippen LogP) is 2.11. The van der Waals surface area contributed by atoms with Crippen molar-refractivity contribution >= 4 is 11.9 Å². The van der Waals surface area contributed by atoms with Crippen LogP contribution in [0, 0.1) is 11.2 Å². The molecule has 0 aliphatic carbocycles. The molecule has 0 aromatic heterocycles. The summed E-state index contributed by atoms with van der Waals surface area (Å²) in [5.74, 6) is -0.497. The zero-order chi connectivity index (χ0) is 18.7. The first-order valence-corrected chi connectivity index (χ1v) is 9.06. The number of benzene rings is 1. The fourth-order valence-electron chi connectivity index (χ4n) is 3.37. The molecule has 2 aliphatic rings. The summed E-state index contributed by atoms with van der Waals surface area (Å²) in [5.41, 5.74) is 0.540. The Labute approximate surface area is 153 Å². The van der Waals surface area contributed by atoms with Crippen molar-refractivity contribution in [3.63, 3.8) is 0 Å². The van der Waals surface area contributed by atoms with Gasteiger partial charge in [-0.25, -0.2) is 9.18 Å². The van der Waals surface area contributed by atoms with E-state index >= 15 is 0 Å². The van der Waals surface area contributed by atoms with Gasteiger partial charge in [-0.2, -0.15) is 0 Å². The van der Waals surface area contributed by atoms with Crippen LogP contribution in [-0.2, 0) is 4.74 Å². The zero-order valence-electron chi connectivity index (χ0n) is 15.3. The lowest BCUT2D eigenvalue weighted by atomic mass is 9.86. The summed E-state index contributed by atoms with van der Waals surface area (Å²) in [4.78, 5) is 28.2. The van der Waals surface area contributed by atoms with Crippen molar-refractivity contribution in [2.24, 2.45) is 5.41 Å². The number of urea groups is 1. The van der Waals surface area contributed by atoms with Gasteiger partial charge in [-0.05, 0) is 36.1 Å². The summed E-state index contributed by atoms with van der Waals surface area (Å²) in [6.07, 6.45) is 1.03. The van der Waals surface area contributed by atoms with Crippen molar-refractivity contribution in [1.82, 2.24) is 15.1 Å². The Balaban J connectivity index is 1.46. The number of carbonyl (C=O) groups excluding carboxylic acids is 2. The third kappa shape index (κ3) is 4.15. The molecule has 1 unspecified atom stereocenters. The summed E-state index contributed by atoms with van der Waals surface area (Å²) in [6.45, 7) is 7.43. The molecule has 3 amide bonds. The Morgan fingerprint density at radius 3 is 2.35 bits per heavy atom. The standard InChI is InChI=1S/C19H26FN3O3/c1-19(2)7-12-26-16(19)13-21-18(25)23-10-8-22(9-11-23)17(24)14-3-5-15(20)6-4-14/h3-6,16H,7-13H2,1-2H3,(H,21,25). The van der Waals surface area contributed by atoms with Gasteiger partial charge in [0.25, 0.3) is 5.91 Å². The van der Waals surface area contributed by atoms with Crippen molar-refractivity contribution in [3.8, 4) is 0 Å². The molecule has 0 bridgehead atoms. The SMILES string of the molecule is CC1(C)CCOC1CNC(=O)N1CCN(C(=O)c2ccc(F)cc2)CC1. The van der Waals surface area contributed by atoms with Crippen LogP contribution >= 0.6 is 0 Å². The second kappa shape index (κ2) is 7.61. The second-order valence-electron chi connectivity index (χ2n) is 7.57. The summed E-state index contributed by atoms with van der Waals surface area (Å²) in [7, 11) is 0. The van der Waals surface area contributed by atoms with Crippen molar-refractivity contribution in [2.75, 3.05) is 39.3 Å². The molecule has 1 atom stereocenters. The minimum atomic E-state index is -0.363. The Hall–Kier alpha value is -2.15. The Morgan fingerprint density at radius 2 is 1.77 bits per heavy atom. The Bertz CT molecular complexity index is 654. The lowest BCUT2D eigenvalue weighted by Gasteiger charge is -2.35. The number of piperazine rings is 1. The lowest BCUT2D eigenvalue weighted by Crippen LogP contribution is -2.54. The highest BCUT2D eigenvalue weighted by Gasteiger charge is 2.36. The van der Waals surface area contributed by atoms with Crippen molar-refractivity contribution in [3.05, 3.63) is 35.6 Å². The van der Waals surface area contributed by atoms with Gasteiger partial charge in [-0.3, -0.25) is 4.79 Å². The molecular weight excluding hydrogens is 337 g/mol. The predicted molar refractivity (Wildman–Crippen MR) is 95.4 cm³/mol. The van der Waals surface area contributed by atoms with E-state index in [1.165, 1.54) is 24.3 Å². The molecule has 2 heterocycles. The van der Waals surface area contributed by atoms with Crippen LogP contribution in [0.2, 0.25) is 0 Å². The van der Waals surface area contributed by atoms with Crippen LogP contribution in [0.25, 0.3) is 0 Å². The minimum Gasteiger partial charge on any atom is -0.376 e. The molecule has 1 aromatic carbocycles. The third-order valence-corrected chi connectivity index (χ3v) is 5.32. The summed E-state index contributed by atoms with van der Waals surface area (Å²) in [6, 6.07) is 5.41. The van der Waals surface area contributed by atoms with Crippen LogP contribution in [0.1, 0.15) is 30.6 Å². The Kier molecular flexibility index (Phi) is 5.46. The molecule has 1 aromatic rings. The maximum absolute atomic E-state index is 13.0. The van der Waals surface area contributed by atoms with Gasteiger partial charge >= 0.3 is 6.03 Å². The number of carbonyl (C=O) groups is 2. The van der Waals surface area contributed by atoms with Gasteiger partial charge < -0.3 is 19.9 Å². The zero-order valence-corrected chi connectivity index (χ0v) is 15.3. The molecular formula is C19H26FN3O3. The molecule has 2 fully saturated rings. The normalized spacial score (nSPS) is 22.3. The van der Waals surface area contributed by atoms with E-state index in [0.717, 1.165) is 13.0 Å². The van der Waals surface area contributed by atoms with Gasteiger partial charge in [0.15, 0.2) is 0 Å². The summed E-state index contributed by atoms with van der Waals surface area (Å²) in [5, 5.41) is 2.95. The molecule has 2 aliphatic heterocycles. The number of halogens is 1. The van der Waals surface area contributed by atoms with Gasteiger partial charge in [0.05, 0.1) is 6.10 Å². The first kappa shape index (κ1) is 18.6. The van der Waals surface area contributed by atoms with E-state index in [-0.39, 0.29) is 29.3 Å². The summed E-state index contributed by atoms with van der Waals surface area (Å²) >= 11 is 0. The molecule has 6 nitrogen and oxygen atoms in total. The first-order valence-electron chi connectivity index (χ1n) is 9.06. The van der Waals surface area contributed by atoms with E-state index in [4.69, 9.17) is 4.74 Å². The van der Waals surface area contributed by atoms with Gasteiger partial charge in [0, 0.05) is 44.9 Å². The largest absolute Gasteiger partial charge is 0.376 e. The van der Waals surface area contributed by atoms with Gasteiger partial charge in [0.2, 0.25) is 0 Å². The highest BCUT2D eigenvalue weighted by molar-refractivity contribution is 5.94. The molecule has 3 rings (SSSR count). The molecule has 142 valence electrons. The lowest BCUT2D eigenvalue weighted by molar-refractivity contribution is 0.0599. The summed E-state index contributed by atoms with van der Waals surface area (Å²) < 4.78 is 18.7. The third-order valence-electron chi connectivity index (χ3n) is 5.32. The average molecular weight is 363 g/mol. The number of ether oxygens (including phenoxy) is 1. The number of nitrogens with zero attached hydrogens (tertiary/aromatic N) is 2. The van der Waals surface area contributed by atoms with Crippen molar-refractivity contribution in [2.45, 2.75) is 26.4 Å². The van der Waals surface area contributed by atoms with Crippen LogP contribution in [0.4, 0.5) is 9.18 Å². The molecule has 0 saturated carbocycles. The number of hydrogen-bond donors (Lipinski definition) is 1. The average Bonchev–Trinajstić information content (AvgIpc) is 2.98. The van der Waals surface area contributed by atoms with Crippen LogP contribution in [-0.4, -0.2) is 67.2 Å². The van der Waals surface area contributed by atoms with Crippen LogP contribution in [0.15, 0.2) is 24.3 Å². The maximum atomic E-state index is 13.0. The topological polar surface area (TPSA) is 61.9 Å². The van der Waals surface area contributed by atoms with E-state index in [0.29, 0.717) is 38.3 Å². The minimum absolute atomic E-state index is 0.0350. The van der Waals surface area contributed by atoms with E-state index in [2.05, 4.69) is 19.2 Å². The molecule has 1 N–H and O–H groups in total. The molecule has 26 heavy (non-hydrogen) atoms. The Morgan fingerprint density at radius 1 is 1.15 bits per heavy atom. The number of nitrogens with one attached hydrogen (secondary N) is 1. The molecule has 0 spiro atoms. The molecule has 2 saturated heterocycles. The highest BCUT2D eigenvalue weighted by Crippen LogP contribution is 2.33. The molecule has 0 radical (unpaired) electrons. The van der Waals surface area contributed by atoms with Crippen LogP contribution in [0.5, 0.6) is 0 Å². The monoisotopic (exact) mass is 363 g/mol. The molecule has 7 heteroatoms. The fourth-order valence-corrected chi connectivity index (χ4v) is 3.37. The van der Waals surface area contributed by atoms with E-state index in [9.17, 15) is 14.0 Å². The smallest absolute Gasteiger partial charge is 0.317 e. The van der Waals surface area contributed by atoms with Gasteiger partial charge in [-0.1, -0.05) is 13.8 Å². The van der Waals surface area contributed by atoms with Crippen LogP contribution in [0.3, 0.4) is 0 Å². The van der Waals surface area contributed by atoms with E-state index < -0.39 is 0 Å². The fraction of sp³-hybridized carbons (Fsp3) is 0.579. The number of rotatable bonds is 3.